The van der Waals surface area contributed by atoms with Crippen molar-refractivity contribution in [3.05, 3.63) is 59.3 Å². The van der Waals surface area contributed by atoms with Gasteiger partial charge in [0.2, 0.25) is 15.9 Å². The molecule has 2 aromatic carbocycles. The Morgan fingerprint density at radius 2 is 1.82 bits per heavy atom. The fourth-order valence-electron chi connectivity index (χ4n) is 3.86. The number of primary amides is 1. The van der Waals surface area contributed by atoms with Gasteiger partial charge in [-0.05, 0) is 68.8 Å². The second kappa shape index (κ2) is 8.43. The van der Waals surface area contributed by atoms with Crippen molar-refractivity contribution in [3.63, 3.8) is 0 Å². The minimum absolute atomic E-state index is 0.0357. The first kappa shape index (κ1) is 22.6. The van der Waals surface area contributed by atoms with Crippen LogP contribution in [0.4, 0.5) is 5.69 Å². The molecule has 0 bridgehead atoms. The van der Waals surface area contributed by atoms with Crippen LogP contribution >= 0.6 is 0 Å². The summed E-state index contributed by atoms with van der Waals surface area (Å²) in [6.07, 6.45) is 1.25. The smallest absolute Gasteiger partial charge is 0.269 e. The van der Waals surface area contributed by atoms with Gasteiger partial charge in [-0.2, -0.15) is 5.10 Å². The first-order chi connectivity index (χ1) is 15.6. The van der Waals surface area contributed by atoms with Crippen molar-refractivity contribution in [2.45, 2.75) is 30.7 Å². The number of carbonyl (C=O) groups excluding carboxylic acids is 2. The van der Waals surface area contributed by atoms with E-state index in [2.05, 4.69) is 15.7 Å². The minimum Gasteiger partial charge on any atom is -0.364 e. The fraction of sp³-hybridized carbons (Fsp3) is 0.227. The zero-order chi connectivity index (χ0) is 23.9. The fourth-order valence-corrected chi connectivity index (χ4v) is 4.38. The maximum absolute atomic E-state index is 12.3. The maximum Gasteiger partial charge on any atom is 0.269 e. The monoisotopic (exact) mass is 468 g/mol. The third-order valence-electron chi connectivity index (χ3n) is 5.73. The minimum atomic E-state index is -3.85. The number of carbonyl (C=O) groups is 2. The van der Waals surface area contributed by atoms with E-state index in [1.807, 2.05) is 18.2 Å². The largest absolute Gasteiger partial charge is 0.364 e. The summed E-state index contributed by atoms with van der Waals surface area (Å²) in [5, 5.41) is 15.4. The average molecular weight is 469 g/mol. The van der Waals surface area contributed by atoms with Gasteiger partial charge < -0.3 is 16.4 Å². The van der Waals surface area contributed by atoms with E-state index in [4.69, 9.17) is 10.9 Å². The molecule has 4 rings (SSSR count). The third kappa shape index (κ3) is 4.25. The van der Waals surface area contributed by atoms with Crippen LogP contribution in [0.25, 0.3) is 16.9 Å². The van der Waals surface area contributed by atoms with Gasteiger partial charge in [0.15, 0.2) is 5.69 Å². The summed E-state index contributed by atoms with van der Waals surface area (Å²) in [6, 6.07) is 11.1. The molecule has 0 radical (unpaired) electrons. The molecule has 11 heteroatoms. The number of amides is 2. The van der Waals surface area contributed by atoms with Gasteiger partial charge in [-0.15, -0.1) is 0 Å². The molecule has 0 saturated carbocycles. The lowest BCUT2D eigenvalue weighted by Gasteiger charge is -2.20. The molecule has 1 aliphatic carbocycles. The quantitative estimate of drug-likeness (QED) is 0.421. The number of primary sulfonamides is 1. The van der Waals surface area contributed by atoms with Crippen LogP contribution in [-0.4, -0.2) is 43.1 Å². The number of aromatic nitrogens is 2. The highest BCUT2D eigenvalue weighted by molar-refractivity contribution is 7.89. The Labute approximate surface area is 191 Å². The van der Waals surface area contributed by atoms with Gasteiger partial charge >= 0.3 is 0 Å². The van der Waals surface area contributed by atoms with Crippen molar-refractivity contribution in [2.24, 2.45) is 10.9 Å². The molecule has 6 N–H and O–H groups in total. The lowest BCUT2D eigenvalue weighted by atomic mass is 9.88. The zero-order valence-corrected chi connectivity index (χ0v) is 18.9. The maximum atomic E-state index is 12.3. The molecule has 3 aromatic rings. The number of anilines is 1. The van der Waals surface area contributed by atoms with E-state index in [-0.39, 0.29) is 22.5 Å². The average Bonchev–Trinajstić information content (AvgIpc) is 3.18. The van der Waals surface area contributed by atoms with Crippen LogP contribution in [0.15, 0.2) is 47.4 Å². The number of rotatable bonds is 6. The number of sulfonamides is 1. The van der Waals surface area contributed by atoms with Gasteiger partial charge in [-0.1, -0.05) is 6.07 Å². The van der Waals surface area contributed by atoms with E-state index in [1.165, 1.54) is 12.1 Å². The summed E-state index contributed by atoms with van der Waals surface area (Å²) in [5.74, 6) is -0.833. The van der Waals surface area contributed by atoms with Crippen LogP contribution in [0.5, 0.6) is 0 Å². The number of aryl methyl sites for hydroxylation is 1. The van der Waals surface area contributed by atoms with Gasteiger partial charge in [0.05, 0.1) is 22.3 Å². The number of nitrogens with one attached hydrogen (secondary N) is 2. The molecule has 0 spiro atoms. The van der Waals surface area contributed by atoms with Crippen molar-refractivity contribution >= 4 is 27.5 Å². The lowest BCUT2D eigenvalue weighted by molar-refractivity contribution is -0.117. The van der Waals surface area contributed by atoms with Crippen LogP contribution in [0.3, 0.4) is 0 Å². The number of likely N-dealkylation sites (N-methyl/N-ethyl adjacent to an activating group) is 1. The number of hydrogen-bond donors (Lipinski definition) is 4. The topological polar surface area (TPSA) is 162 Å². The standard InChI is InChI=1S/C22H24N6O4S/c1-12(25-2)22(30)26-14-5-3-13-4-10-17-19(21(23)29)27-28(20(17)18(13)11-14)15-6-8-16(9-7-15)33(24,31)32/h3,5-9,11-12,25H,4,10H2,1-2H3,(H2,23,29)(H,26,30)(H2,24,31,32)/t12-/m1/s1. The molecular formula is C22H24N6O4S. The molecule has 1 heterocycles. The second-order valence-electron chi connectivity index (χ2n) is 7.86. The molecule has 0 unspecified atom stereocenters. The first-order valence-corrected chi connectivity index (χ1v) is 11.8. The lowest BCUT2D eigenvalue weighted by Crippen LogP contribution is -2.35. The van der Waals surface area contributed by atoms with Crippen molar-refractivity contribution in [3.8, 4) is 16.9 Å². The normalized spacial score (nSPS) is 13.7. The molecular weight excluding hydrogens is 444 g/mol. The molecule has 33 heavy (non-hydrogen) atoms. The molecule has 1 aliphatic rings. The highest BCUT2D eigenvalue weighted by Crippen LogP contribution is 2.38. The Kier molecular flexibility index (Phi) is 5.78. The zero-order valence-electron chi connectivity index (χ0n) is 18.1. The molecule has 1 aromatic heterocycles. The van der Waals surface area contributed by atoms with Crippen molar-refractivity contribution in [2.75, 3.05) is 12.4 Å². The SMILES string of the molecule is CN[C@H](C)C(=O)Nc1ccc2c(c1)-c1c(c(C(N)=O)nn1-c1ccc(S(N)(=O)=O)cc1)CC2. The van der Waals surface area contributed by atoms with E-state index in [0.717, 1.165) is 11.1 Å². The Bertz CT molecular complexity index is 1360. The Morgan fingerprint density at radius 3 is 2.42 bits per heavy atom. The third-order valence-corrected chi connectivity index (χ3v) is 6.66. The summed E-state index contributed by atoms with van der Waals surface area (Å²) in [7, 11) is -2.15. The van der Waals surface area contributed by atoms with E-state index in [1.54, 1.807) is 30.8 Å². The van der Waals surface area contributed by atoms with Gasteiger partial charge in [0.25, 0.3) is 5.91 Å². The van der Waals surface area contributed by atoms with Crippen LogP contribution in [0, 0.1) is 0 Å². The molecule has 0 fully saturated rings. The highest BCUT2D eigenvalue weighted by Gasteiger charge is 2.28. The summed E-state index contributed by atoms with van der Waals surface area (Å²) in [5.41, 5.74) is 10.1. The molecule has 0 aliphatic heterocycles. The van der Waals surface area contributed by atoms with E-state index in [9.17, 15) is 18.0 Å². The first-order valence-electron chi connectivity index (χ1n) is 10.3. The summed E-state index contributed by atoms with van der Waals surface area (Å²) in [4.78, 5) is 24.4. The number of nitrogens with zero attached hydrogens (tertiary/aromatic N) is 2. The molecule has 2 amide bonds. The van der Waals surface area contributed by atoms with Gasteiger partial charge in [0.1, 0.15) is 0 Å². The molecule has 1 atom stereocenters. The van der Waals surface area contributed by atoms with E-state index < -0.39 is 15.9 Å². The van der Waals surface area contributed by atoms with Crippen molar-refractivity contribution < 1.29 is 18.0 Å². The van der Waals surface area contributed by atoms with Crippen molar-refractivity contribution in [1.82, 2.24) is 15.1 Å². The summed E-state index contributed by atoms with van der Waals surface area (Å²) in [6.45, 7) is 1.76. The Hall–Kier alpha value is -3.54. The van der Waals surface area contributed by atoms with Gasteiger partial charge in [-0.3, -0.25) is 9.59 Å². The number of benzene rings is 2. The highest BCUT2D eigenvalue weighted by atomic mass is 32.2. The Balaban J connectivity index is 1.85. The number of nitrogens with two attached hydrogens (primary N) is 2. The van der Waals surface area contributed by atoms with Crippen LogP contribution in [0.2, 0.25) is 0 Å². The predicted octanol–water partition coefficient (Wildman–Crippen LogP) is 0.931. The summed E-state index contributed by atoms with van der Waals surface area (Å²) >= 11 is 0. The van der Waals surface area contributed by atoms with Crippen LogP contribution in [0.1, 0.15) is 28.5 Å². The predicted molar refractivity (Wildman–Crippen MR) is 123 cm³/mol. The second-order valence-corrected chi connectivity index (χ2v) is 9.42. The van der Waals surface area contributed by atoms with Crippen molar-refractivity contribution in [1.29, 1.82) is 0 Å². The molecule has 10 nitrogen and oxygen atoms in total. The van der Waals surface area contributed by atoms with Gasteiger partial charge in [0, 0.05) is 16.8 Å². The summed E-state index contributed by atoms with van der Waals surface area (Å²) < 4.78 is 24.8. The van der Waals surface area contributed by atoms with Crippen LogP contribution < -0.4 is 21.5 Å². The number of fused-ring (bicyclic) bond motifs is 3. The molecule has 0 saturated heterocycles. The van der Waals surface area contributed by atoms with E-state index >= 15 is 0 Å². The Morgan fingerprint density at radius 1 is 1.12 bits per heavy atom. The van der Waals surface area contributed by atoms with Gasteiger partial charge in [-0.25, -0.2) is 18.2 Å². The van der Waals surface area contributed by atoms with E-state index in [0.29, 0.717) is 35.5 Å². The van der Waals surface area contributed by atoms with Crippen LogP contribution in [-0.2, 0) is 27.7 Å². The number of hydrogen-bond acceptors (Lipinski definition) is 6. The molecule has 172 valence electrons.